The standard InChI is InChI=1S/C14H18BrN3O/c15-13-9-11(4-5-16-13)14(19)18-8-7-17-6-2-1-3-12(17)10-18/h4-5,9,12H,1-3,6-8,10H2. The predicted octanol–water partition coefficient (Wildman–Crippen LogP) is 2.15. The van der Waals surface area contributed by atoms with E-state index in [0.29, 0.717) is 6.04 Å². The molecule has 0 saturated carbocycles. The van der Waals surface area contributed by atoms with Crippen LogP contribution in [0.2, 0.25) is 0 Å². The second kappa shape index (κ2) is 5.59. The molecule has 0 spiro atoms. The van der Waals surface area contributed by atoms with Gasteiger partial charge in [-0.3, -0.25) is 9.69 Å². The Morgan fingerprint density at radius 2 is 2.21 bits per heavy atom. The molecule has 19 heavy (non-hydrogen) atoms. The SMILES string of the molecule is O=C(c1ccnc(Br)c1)N1CCN2CCCCC2C1. The third-order valence-electron chi connectivity index (χ3n) is 4.10. The molecule has 3 heterocycles. The highest BCUT2D eigenvalue weighted by molar-refractivity contribution is 9.10. The van der Waals surface area contributed by atoms with E-state index in [1.807, 2.05) is 4.90 Å². The van der Waals surface area contributed by atoms with E-state index in [4.69, 9.17) is 0 Å². The zero-order chi connectivity index (χ0) is 13.2. The predicted molar refractivity (Wildman–Crippen MR) is 77.1 cm³/mol. The highest BCUT2D eigenvalue weighted by Crippen LogP contribution is 2.22. The van der Waals surface area contributed by atoms with Crippen molar-refractivity contribution in [3.8, 4) is 0 Å². The summed E-state index contributed by atoms with van der Waals surface area (Å²) in [6.07, 6.45) is 5.50. The fourth-order valence-electron chi connectivity index (χ4n) is 3.06. The topological polar surface area (TPSA) is 36.4 Å². The number of nitrogens with zero attached hydrogens (tertiary/aromatic N) is 3. The van der Waals surface area contributed by atoms with Crippen molar-refractivity contribution in [2.24, 2.45) is 0 Å². The molecule has 2 aliphatic rings. The van der Waals surface area contributed by atoms with Crippen molar-refractivity contribution in [1.29, 1.82) is 0 Å². The van der Waals surface area contributed by atoms with Crippen molar-refractivity contribution in [2.75, 3.05) is 26.2 Å². The highest BCUT2D eigenvalue weighted by Gasteiger charge is 2.31. The van der Waals surface area contributed by atoms with Gasteiger partial charge >= 0.3 is 0 Å². The quantitative estimate of drug-likeness (QED) is 0.743. The molecule has 1 amide bonds. The molecular formula is C14H18BrN3O. The van der Waals surface area contributed by atoms with Crippen molar-refractivity contribution in [2.45, 2.75) is 25.3 Å². The van der Waals surface area contributed by atoms with Crippen molar-refractivity contribution in [3.63, 3.8) is 0 Å². The molecule has 5 heteroatoms. The Labute approximate surface area is 121 Å². The van der Waals surface area contributed by atoms with E-state index in [-0.39, 0.29) is 5.91 Å². The summed E-state index contributed by atoms with van der Waals surface area (Å²) in [5.74, 6) is 0.133. The van der Waals surface area contributed by atoms with E-state index >= 15 is 0 Å². The Morgan fingerprint density at radius 1 is 1.32 bits per heavy atom. The van der Waals surface area contributed by atoms with Gasteiger partial charge in [0.15, 0.2) is 0 Å². The van der Waals surface area contributed by atoms with Gasteiger partial charge in [0.25, 0.3) is 5.91 Å². The van der Waals surface area contributed by atoms with E-state index < -0.39 is 0 Å². The summed E-state index contributed by atoms with van der Waals surface area (Å²) in [6.45, 7) is 3.93. The minimum absolute atomic E-state index is 0.133. The van der Waals surface area contributed by atoms with Crippen LogP contribution in [-0.4, -0.2) is 52.9 Å². The lowest BCUT2D eigenvalue weighted by Gasteiger charge is -2.44. The summed E-state index contributed by atoms with van der Waals surface area (Å²) in [4.78, 5) is 21.1. The second-order valence-corrected chi connectivity index (χ2v) is 6.12. The van der Waals surface area contributed by atoms with Crippen molar-refractivity contribution in [1.82, 2.24) is 14.8 Å². The summed E-state index contributed by atoms with van der Waals surface area (Å²) in [6, 6.07) is 4.16. The first-order chi connectivity index (χ1) is 9.24. The number of aromatic nitrogens is 1. The second-order valence-electron chi connectivity index (χ2n) is 5.30. The summed E-state index contributed by atoms with van der Waals surface area (Å²) in [5.41, 5.74) is 0.728. The van der Waals surface area contributed by atoms with Gasteiger partial charge in [0.1, 0.15) is 4.60 Å². The van der Waals surface area contributed by atoms with Gasteiger partial charge in [0.2, 0.25) is 0 Å². The molecule has 1 aromatic rings. The Hall–Kier alpha value is -0.940. The van der Waals surface area contributed by atoms with Crippen LogP contribution in [0.1, 0.15) is 29.6 Å². The molecule has 2 saturated heterocycles. The molecule has 0 aliphatic carbocycles. The van der Waals surface area contributed by atoms with Crippen LogP contribution < -0.4 is 0 Å². The summed E-state index contributed by atoms with van der Waals surface area (Å²) in [5, 5.41) is 0. The van der Waals surface area contributed by atoms with Crippen LogP contribution in [0, 0.1) is 0 Å². The average molecular weight is 324 g/mol. The number of pyridine rings is 1. The molecule has 3 rings (SSSR count). The lowest BCUT2D eigenvalue weighted by molar-refractivity contribution is 0.0372. The number of fused-ring (bicyclic) bond motifs is 1. The Bertz CT molecular complexity index is 480. The first-order valence-corrected chi connectivity index (χ1v) is 7.68. The maximum atomic E-state index is 12.5. The minimum atomic E-state index is 0.133. The highest BCUT2D eigenvalue weighted by atomic mass is 79.9. The fourth-order valence-corrected chi connectivity index (χ4v) is 3.42. The largest absolute Gasteiger partial charge is 0.336 e. The number of carbonyl (C=O) groups is 1. The maximum Gasteiger partial charge on any atom is 0.254 e. The fraction of sp³-hybridized carbons (Fsp3) is 0.571. The lowest BCUT2D eigenvalue weighted by Crippen LogP contribution is -2.56. The Balaban J connectivity index is 1.71. The molecule has 0 N–H and O–H groups in total. The lowest BCUT2D eigenvalue weighted by atomic mass is 9.99. The minimum Gasteiger partial charge on any atom is -0.336 e. The number of hydrogen-bond donors (Lipinski definition) is 0. The normalized spacial score (nSPS) is 24.1. The van der Waals surface area contributed by atoms with Gasteiger partial charge in [0.05, 0.1) is 0 Å². The monoisotopic (exact) mass is 323 g/mol. The van der Waals surface area contributed by atoms with Crippen LogP contribution in [0.15, 0.2) is 22.9 Å². The molecule has 0 aromatic carbocycles. The van der Waals surface area contributed by atoms with Crippen LogP contribution in [0.4, 0.5) is 0 Å². The first-order valence-electron chi connectivity index (χ1n) is 6.89. The van der Waals surface area contributed by atoms with E-state index in [1.165, 1.54) is 25.8 Å². The molecular weight excluding hydrogens is 306 g/mol. The van der Waals surface area contributed by atoms with Gasteiger partial charge in [-0.15, -0.1) is 0 Å². The van der Waals surface area contributed by atoms with Gasteiger partial charge in [-0.05, 0) is 47.4 Å². The molecule has 4 nitrogen and oxygen atoms in total. The number of rotatable bonds is 1. The van der Waals surface area contributed by atoms with Crippen LogP contribution in [0.25, 0.3) is 0 Å². The number of carbonyl (C=O) groups excluding carboxylic acids is 1. The Kier molecular flexibility index (Phi) is 3.84. The summed E-state index contributed by atoms with van der Waals surface area (Å²) in [7, 11) is 0. The average Bonchev–Trinajstić information content (AvgIpc) is 2.46. The van der Waals surface area contributed by atoms with Gasteiger partial charge in [-0.25, -0.2) is 4.98 Å². The zero-order valence-corrected chi connectivity index (χ0v) is 12.5. The molecule has 1 aromatic heterocycles. The zero-order valence-electron chi connectivity index (χ0n) is 10.9. The Morgan fingerprint density at radius 3 is 3.05 bits per heavy atom. The molecule has 2 fully saturated rings. The molecule has 0 bridgehead atoms. The van der Waals surface area contributed by atoms with Crippen LogP contribution in [0.5, 0.6) is 0 Å². The van der Waals surface area contributed by atoms with Crippen LogP contribution >= 0.6 is 15.9 Å². The third kappa shape index (κ3) is 2.82. The maximum absolute atomic E-state index is 12.5. The van der Waals surface area contributed by atoms with E-state index in [1.54, 1.807) is 18.3 Å². The number of piperazine rings is 1. The van der Waals surface area contributed by atoms with Crippen molar-refractivity contribution < 1.29 is 4.79 Å². The molecule has 1 atom stereocenters. The number of hydrogen-bond acceptors (Lipinski definition) is 3. The van der Waals surface area contributed by atoms with Crippen LogP contribution in [-0.2, 0) is 0 Å². The number of amides is 1. The third-order valence-corrected chi connectivity index (χ3v) is 4.53. The van der Waals surface area contributed by atoms with E-state index in [0.717, 1.165) is 29.8 Å². The molecule has 1 unspecified atom stereocenters. The van der Waals surface area contributed by atoms with E-state index in [9.17, 15) is 4.79 Å². The van der Waals surface area contributed by atoms with Gasteiger partial charge < -0.3 is 4.90 Å². The molecule has 0 radical (unpaired) electrons. The molecule has 2 aliphatic heterocycles. The number of piperidine rings is 1. The van der Waals surface area contributed by atoms with Gasteiger partial charge in [-0.1, -0.05) is 6.42 Å². The van der Waals surface area contributed by atoms with E-state index in [2.05, 4.69) is 25.8 Å². The van der Waals surface area contributed by atoms with Gasteiger partial charge in [0, 0.05) is 37.4 Å². The van der Waals surface area contributed by atoms with Crippen molar-refractivity contribution >= 4 is 21.8 Å². The summed E-state index contributed by atoms with van der Waals surface area (Å²) < 4.78 is 0.717. The van der Waals surface area contributed by atoms with Crippen molar-refractivity contribution in [3.05, 3.63) is 28.5 Å². The molecule has 102 valence electrons. The number of halogens is 1. The van der Waals surface area contributed by atoms with Crippen LogP contribution in [0.3, 0.4) is 0 Å². The summed E-state index contributed by atoms with van der Waals surface area (Å²) >= 11 is 3.32. The van der Waals surface area contributed by atoms with Gasteiger partial charge in [-0.2, -0.15) is 0 Å². The first kappa shape index (κ1) is 13.1. The smallest absolute Gasteiger partial charge is 0.254 e.